The van der Waals surface area contributed by atoms with Crippen molar-refractivity contribution < 1.29 is 10.1 Å². The largest absolute Gasteiger partial charge is 0.251 e. The lowest BCUT2D eigenvalue weighted by Crippen LogP contribution is -2.19. The second kappa shape index (κ2) is 20.3. The Balaban J connectivity index is 0.000000511. The van der Waals surface area contributed by atoms with Crippen LogP contribution in [0.4, 0.5) is 0 Å². The molecular formula is C37H50O4. The lowest BCUT2D eigenvalue weighted by atomic mass is 9.87. The maximum Gasteiger partial charge on any atom is 0.123 e. The van der Waals surface area contributed by atoms with Gasteiger partial charge >= 0.3 is 0 Å². The highest BCUT2D eigenvalue weighted by molar-refractivity contribution is 5.22. The van der Waals surface area contributed by atoms with Crippen molar-refractivity contribution in [1.29, 1.82) is 0 Å². The van der Waals surface area contributed by atoms with Gasteiger partial charge in [0.1, 0.15) is 5.60 Å². The van der Waals surface area contributed by atoms with Crippen molar-refractivity contribution in [2.24, 2.45) is 0 Å². The summed E-state index contributed by atoms with van der Waals surface area (Å²) in [5.41, 5.74) is 4.87. The summed E-state index contributed by atoms with van der Waals surface area (Å²) in [4.78, 5) is 18.3. The highest BCUT2D eigenvalue weighted by Crippen LogP contribution is 2.22. The fourth-order valence-corrected chi connectivity index (χ4v) is 3.51. The van der Waals surface area contributed by atoms with Crippen LogP contribution in [-0.2, 0) is 15.9 Å². The molecule has 0 aliphatic heterocycles. The van der Waals surface area contributed by atoms with Gasteiger partial charge in [0.15, 0.2) is 0 Å². The minimum Gasteiger partial charge on any atom is -0.251 e. The Hall–Kier alpha value is -3.60. The Morgan fingerprint density at radius 1 is 0.488 bits per heavy atom. The number of hydrogen-bond acceptors (Lipinski definition) is 4. The Labute approximate surface area is 248 Å². The van der Waals surface area contributed by atoms with Crippen molar-refractivity contribution in [3.8, 4) is 0 Å². The van der Waals surface area contributed by atoms with Crippen LogP contribution in [0.1, 0.15) is 96.4 Å². The third kappa shape index (κ3) is 16.3. The Kier molecular flexibility index (Phi) is 18.5. The molecule has 0 unspecified atom stereocenters. The molecule has 0 radical (unpaired) electrons. The molecule has 0 amide bonds. The van der Waals surface area contributed by atoms with Crippen molar-refractivity contribution >= 4 is 0 Å². The molecule has 1 N–H and O–H groups in total. The van der Waals surface area contributed by atoms with Gasteiger partial charge in [-0.15, -0.1) is 0 Å². The van der Waals surface area contributed by atoms with E-state index < -0.39 is 5.60 Å². The molecule has 0 fully saturated rings. The summed E-state index contributed by atoms with van der Waals surface area (Å²) in [6.07, 6.45) is 0. The summed E-state index contributed by atoms with van der Waals surface area (Å²) in [5.74, 6) is 1.32. The maximum absolute atomic E-state index is 8.55. The van der Waals surface area contributed by atoms with Gasteiger partial charge in [-0.05, 0) is 53.4 Å². The molecule has 0 bridgehead atoms. The van der Waals surface area contributed by atoms with Gasteiger partial charge in [-0.3, -0.25) is 5.26 Å². The van der Waals surface area contributed by atoms with E-state index in [1.54, 1.807) is 0 Å². The van der Waals surface area contributed by atoms with Crippen LogP contribution in [-0.4, -0.2) is 5.26 Å². The van der Waals surface area contributed by atoms with Crippen LogP contribution in [0, 0.1) is 9.93 Å². The number of rotatable bonds is 4. The summed E-state index contributed by atoms with van der Waals surface area (Å²) in [5, 5.41) is 8.55. The molecule has 0 aromatic heterocycles. The summed E-state index contributed by atoms with van der Waals surface area (Å²) < 4.78 is 0. The van der Waals surface area contributed by atoms with E-state index in [0.29, 0.717) is 17.3 Å². The summed E-state index contributed by atoms with van der Waals surface area (Å²) in [6.45, 7) is 19.1. The first-order valence-corrected chi connectivity index (χ1v) is 14.1. The molecule has 0 saturated carbocycles. The smallest absolute Gasteiger partial charge is 0.123 e. The fraction of sp³-hybridized carbons (Fsp3) is 0.351. The van der Waals surface area contributed by atoms with Crippen LogP contribution in [0.3, 0.4) is 0 Å². The molecule has 0 spiro atoms. The van der Waals surface area contributed by atoms with E-state index in [1.165, 1.54) is 16.7 Å². The topological polar surface area (TPSA) is 63.6 Å². The highest BCUT2D eigenvalue weighted by atomic mass is 17.1. The first kappa shape index (κ1) is 37.4. The summed E-state index contributed by atoms with van der Waals surface area (Å²) >= 11 is 0. The van der Waals surface area contributed by atoms with Gasteiger partial charge in [-0.25, -0.2) is 4.89 Å². The lowest BCUT2D eigenvalue weighted by Gasteiger charge is -2.20. The lowest BCUT2D eigenvalue weighted by molar-refractivity contribution is -0.318. The Morgan fingerprint density at radius 2 is 0.756 bits per heavy atom. The van der Waals surface area contributed by atoms with Crippen LogP contribution >= 0.6 is 0 Å². The molecule has 222 valence electrons. The van der Waals surface area contributed by atoms with Gasteiger partial charge in [0.2, 0.25) is 0 Å². The van der Waals surface area contributed by atoms with Crippen molar-refractivity contribution in [1.82, 2.24) is 0 Å². The van der Waals surface area contributed by atoms with Crippen LogP contribution in [0.2, 0.25) is 0 Å². The van der Waals surface area contributed by atoms with Crippen LogP contribution in [0.15, 0.2) is 121 Å². The molecule has 4 nitrogen and oxygen atoms in total. The average molecular weight is 559 g/mol. The van der Waals surface area contributed by atoms with Gasteiger partial charge in [0, 0.05) is 9.93 Å². The maximum atomic E-state index is 8.55. The normalized spacial score (nSPS) is 10.4. The van der Waals surface area contributed by atoms with Crippen molar-refractivity contribution in [3.63, 3.8) is 0 Å². The first-order valence-electron chi connectivity index (χ1n) is 14.1. The van der Waals surface area contributed by atoms with Gasteiger partial charge in [0.25, 0.3) is 0 Å². The standard InChI is InChI=1S/C10H14.C9H12O2.2C9H12.O2/c1-10(2,3)9-7-5-4-6-8-9;1-9(2,11-10)8-6-4-3-5-7-8;2*1-8(2)9-6-4-3-5-7-9;1-2/h4-8H,1-3H3;3-7,10H,1-2H3;2*3-8H,1-2H3;. The zero-order chi connectivity index (χ0) is 31.3. The molecule has 0 saturated heterocycles. The third-order valence-corrected chi connectivity index (χ3v) is 6.27. The third-order valence-electron chi connectivity index (χ3n) is 6.27. The van der Waals surface area contributed by atoms with Gasteiger partial charge in [-0.2, -0.15) is 0 Å². The van der Waals surface area contributed by atoms with Crippen molar-refractivity contribution in [2.45, 2.75) is 85.2 Å². The first-order chi connectivity index (χ1) is 19.4. The molecule has 0 atom stereocenters. The van der Waals surface area contributed by atoms with E-state index in [4.69, 9.17) is 15.2 Å². The second-order valence-corrected chi connectivity index (χ2v) is 11.7. The van der Waals surface area contributed by atoms with Crippen molar-refractivity contribution in [2.75, 3.05) is 0 Å². The molecule has 4 aromatic carbocycles. The average Bonchev–Trinajstić information content (AvgIpc) is 3.00. The molecule has 0 heterocycles. The second-order valence-electron chi connectivity index (χ2n) is 11.7. The molecule has 4 rings (SSSR count). The van der Waals surface area contributed by atoms with E-state index in [0.717, 1.165) is 5.56 Å². The highest BCUT2D eigenvalue weighted by Gasteiger charge is 2.20. The monoisotopic (exact) mass is 558 g/mol. The number of hydrogen-bond donors (Lipinski definition) is 1. The van der Waals surface area contributed by atoms with Gasteiger partial charge in [0.05, 0.1) is 0 Å². The quantitative estimate of drug-likeness (QED) is 0.200. The zero-order valence-electron chi connectivity index (χ0n) is 26.4. The molecular weight excluding hydrogens is 508 g/mol. The minimum atomic E-state index is -0.610. The van der Waals surface area contributed by atoms with Crippen LogP contribution < -0.4 is 0 Å². The fourth-order valence-electron chi connectivity index (χ4n) is 3.51. The molecule has 4 aromatic rings. The van der Waals surface area contributed by atoms with Gasteiger partial charge in [-0.1, -0.05) is 170 Å². The van der Waals surface area contributed by atoms with E-state index in [9.17, 15) is 0 Å². The minimum absolute atomic E-state index is 0.293. The van der Waals surface area contributed by atoms with E-state index in [1.807, 2.05) is 56.3 Å². The van der Waals surface area contributed by atoms with Crippen molar-refractivity contribution in [3.05, 3.63) is 154 Å². The van der Waals surface area contributed by atoms with E-state index >= 15 is 0 Å². The predicted octanol–water partition coefficient (Wildman–Crippen LogP) is 11.1. The SMILES string of the molecule is CC(C)(C)c1ccccc1.CC(C)(OO)c1ccccc1.CC(C)c1ccccc1.CC(C)c1ccccc1.O=O. The van der Waals surface area contributed by atoms with Gasteiger partial charge < -0.3 is 0 Å². The zero-order valence-corrected chi connectivity index (χ0v) is 26.4. The summed E-state index contributed by atoms with van der Waals surface area (Å²) in [6, 6.07) is 41.2. The predicted molar refractivity (Wildman–Crippen MR) is 176 cm³/mol. The molecule has 4 heteroatoms. The molecule has 0 aliphatic rings. The van der Waals surface area contributed by atoms with E-state index in [2.05, 4.69) is 132 Å². The molecule has 0 aliphatic carbocycles. The van der Waals surface area contributed by atoms with Crippen LogP contribution in [0.5, 0.6) is 0 Å². The Morgan fingerprint density at radius 3 is 0.951 bits per heavy atom. The Bertz CT molecular complexity index is 1090. The van der Waals surface area contributed by atoms with Crippen LogP contribution in [0.25, 0.3) is 0 Å². The number of benzene rings is 4. The van der Waals surface area contributed by atoms with E-state index in [-0.39, 0.29) is 0 Å². The summed E-state index contributed by atoms with van der Waals surface area (Å²) in [7, 11) is 0. The molecule has 41 heavy (non-hydrogen) atoms.